The molecule has 4 rings (SSSR count). The fraction of sp³-hybridized carbons (Fsp3) is 0.381. The van der Waals surface area contributed by atoms with Crippen molar-refractivity contribution in [1.29, 1.82) is 5.26 Å². The van der Waals surface area contributed by atoms with Crippen LogP contribution in [0.1, 0.15) is 27.9 Å². The maximum absolute atomic E-state index is 12.7. The molecule has 2 saturated heterocycles. The fourth-order valence-electron chi connectivity index (χ4n) is 3.82. The summed E-state index contributed by atoms with van der Waals surface area (Å²) in [4.78, 5) is 18.5. The molecule has 0 radical (unpaired) electrons. The second kappa shape index (κ2) is 7.47. The molecule has 1 spiro atoms. The van der Waals surface area contributed by atoms with E-state index in [-0.39, 0.29) is 17.4 Å². The van der Waals surface area contributed by atoms with Gasteiger partial charge < -0.3 is 14.4 Å². The SMILES string of the molecule is N#Cc1cccc(C(=O)N2CC3(C2)OCCC3COCc2ccncc2)c1. The van der Waals surface area contributed by atoms with E-state index in [1.54, 1.807) is 41.6 Å². The standard InChI is InChI=1S/C21H21N3O3/c22-11-17-2-1-3-18(10-17)20(25)24-14-21(15-24)19(6-9-27-21)13-26-12-16-4-7-23-8-5-16/h1-5,7-8,10,19H,6,9,12-15H2. The van der Waals surface area contributed by atoms with E-state index in [9.17, 15) is 4.79 Å². The summed E-state index contributed by atoms with van der Waals surface area (Å²) < 4.78 is 11.9. The zero-order valence-electron chi connectivity index (χ0n) is 15.0. The first-order valence-corrected chi connectivity index (χ1v) is 9.10. The summed E-state index contributed by atoms with van der Waals surface area (Å²) in [5.74, 6) is 0.235. The highest BCUT2D eigenvalue weighted by atomic mass is 16.5. The number of hydrogen-bond acceptors (Lipinski definition) is 5. The lowest BCUT2D eigenvalue weighted by molar-refractivity contribution is -0.129. The van der Waals surface area contributed by atoms with Gasteiger partial charge in [0, 0.05) is 30.5 Å². The number of ether oxygens (including phenoxy) is 2. The van der Waals surface area contributed by atoms with Crippen molar-refractivity contribution in [2.75, 3.05) is 26.3 Å². The Labute approximate surface area is 158 Å². The molecule has 0 saturated carbocycles. The third kappa shape index (κ3) is 3.57. The van der Waals surface area contributed by atoms with Gasteiger partial charge in [-0.2, -0.15) is 5.26 Å². The highest BCUT2D eigenvalue weighted by Gasteiger charge is 2.54. The molecule has 6 heteroatoms. The molecule has 0 bridgehead atoms. The molecule has 1 aromatic heterocycles. The van der Waals surface area contributed by atoms with Crippen LogP contribution in [0.4, 0.5) is 0 Å². The minimum atomic E-state index is -0.291. The Morgan fingerprint density at radius 2 is 2.15 bits per heavy atom. The van der Waals surface area contributed by atoms with Crippen LogP contribution in [0.5, 0.6) is 0 Å². The molecule has 1 aromatic carbocycles. The molecule has 1 unspecified atom stereocenters. The van der Waals surface area contributed by atoms with Gasteiger partial charge in [-0.3, -0.25) is 9.78 Å². The van der Waals surface area contributed by atoms with E-state index in [0.717, 1.165) is 12.0 Å². The smallest absolute Gasteiger partial charge is 0.254 e. The van der Waals surface area contributed by atoms with Crippen LogP contribution in [0.3, 0.4) is 0 Å². The third-order valence-corrected chi connectivity index (χ3v) is 5.38. The molecule has 6 nitrogen and oxygen atoms in total. The second-order valence-corrected chi connectivity index (χ2v) is 7.12. The Morgan fingerprint density at radius 3 is 2.93 bits per heavy atom. The van der Waals surface area contributed by atoms with E-state index >= 15 is 0 Å². The van der Waals surface area contributed by atoms with E-state index in [4.69, 9.17) is 14.7 Å². The molecule has 2 fully saturated rings. The number of nitrogens with zero attached hydrogens (tertiary/aromatic N) is 3. The molecule has 2 aliphatic rings. The van der Waals surface area contributed by atoms with Gasteiger partial charge in [-0.1, -0.05) is 6.07 Å². The number of carbonyl (C=O) groups is 1. The molecular formula is C21H21N3O3. The van der Waals surface area contributed by atoms with Gasteiger partial charge in [0.05, 0.1) is 37.9 Å². The van der Waals surface area contributed by atoms with Crippen molar-refractivity contribution < 1.29 is 14.3 Å². The predicted molar refractivity (Wildman–Crippen MR) is 97.7 cm³/mol. The lowest BCUT2D eigenvalue weighted by Gasteiger charge is -2.50. The number of nitriles is 1. The van der Waals surface area contributed by atoms with E-state index in [1.807, 2.05) is 12.1 Å². The molecule has 0 aliphatic carbocycles. The van der Waals surface area contributed by atoms with Gasteiger partial charge in [-0.05, 0) is 42.3 Å². The fourth-order valence-corrected chi connectivity index (χ4v) is 3.82. The summed E-state index contributed by atoms with van der Waals surface area (Å²) in [7, 11) is 0. The van der Waals surface area contributed by atoms with Crippen molar-refractivity contribution in [3.05, 3.63) is 65.5 Å². The van der Waals surface area contributed by atoms with Gasteiger partial charge in [0.2, 0.25) is 0 Å². The highest BCUT2D eigenvalue weighted by molar-refractivity contribution is 5.95. The topological polar surface area (TPSA) is 75.5 Å². The van der Waals surface area contributed by atoms with Gasteiger partial charge in [0.25, 0.3) is 5.91 Å². The Kier molecular flexibility index (Phi) is 4.88. The van der Waals surface area contributed by atoms with Gasteiger partial charge in [0.15, 0.2) is 0 Å². The van der Waals surface area contributed by atoms with E-state index in [0.29, 0.717) is 44.0 Å². The zero-order chi connectivity index (χ0) is 18.7. The first-order valence-electron chi connectivity index (χ1n) is 9.10. The summed E-state index contributed by atoms with van der Waals surface area (Å²) in [6.45, 7) is 3.03. The molecule has 27 heavy (non-hydrogen) atoms. The van der Waals surface area contributed by atoms with Crippen LogP contribution in [0.15, 0.2) is 48.8 Å². The number of pyridine rings is 1. The molecule has 138 valence electrons. The summed E-state index contributed by atoms with van der Waals surface area (Å²) >= 11 is 0. The average Bonchev–Trinajstić information content (AvgIpc) is 3.11. The van der Waals surface area contributed by atoms with Crippen LogP contribution in [-0.2, 0) is 16.1 Å². The molecule has 1 amide bonds. The van der Waals surface area contributed by atoms with Crippen LogP contribution in [0, 0.1) is 17.2 Å². The quantitative estimate of drug-likeness (QED) is 0.815. The number of amides is 1. The van der Waals surface area contributed by atoms with Gasteiger partial charge in [0.1, 0.15) is 5.60 Å². The van der Waals surface area contributed by atoms with Crippen LogP contribution >= 0.6 is 0 Å². The Bertz CT molecular complexity index is 856. The molecule has 2 aliphatic heterocycles. The van der Waals surface area contributed by atoms with E-state index in [1.165, 1.54) is 0 Å². The largest absolute Gasteiger partial charge is 0.376 e. The van der Waals surface area contributed by atoms with Gasteiger partial charge in [-0.15, -0.1) is 0 Å². The van der Waals surface area contributed by atoms with E-state index in [2.05, 4.69) is 11.1 Å². The van der Waals surface area contributed by atoms with Crippen LogP contribution in [0.25, 0.3) is 0 Å². The predicted octanol–water partition coefficient (Wildman–Crippen LogP) is 2.40. The monoisotopic (exact) mass is 363 g/mol. The summed E-state index contributed by atoms with van der Waals surface area (Å²) in [5.41, 5.74) is 1.85. The van der Waals surface area contributed by atoms with E-state index < -0.39 is 0 Å². The summed E-state index contributed by atoms with van der Waals surface area (Å²) in [5, 5.41) is 9.01. The number of likely N-dealkylation sites (tertiary alicyclic amines) is 1. The summed E-state index contributed by atoms with van der Waals surface area (Å²) in [6.07, 6.45) is 4.47. The molecule has 2 aromatic rings. The number of benzene rings is 1. The lowest BCUT2D eigenvalue weighted by Crippen LogP contribution is -2.66. The Hall–Kier alpha value is -2.75. The van der Waals surface area contributed by atoms with Crippen molar-refractivity contribution in [3.8, 4) is 6.07 Å². The first-order chi connectivity index (χ1) is 13.2. The van der Waals surface area contributed by atoms with Crippen molar-refractivity contribution >= 4 is 5.91 Å². The lowest BCUT2D eigenvalue weighted by atomic mass is 9.81. The molecule has 3 heterocycles. The molecule has 1 atom stereocenters. The van der Waals surface area contributed by atoms with Crippen molar-refractivity contribution in [2.24, 2.45) is 5.92 Å². The van der Waals surface area contributed by atoms with Crippen molar-refractivity contribution in [2.45, 2.75) is 18.6 Å². The molecule has 0 N–H and O–H groups in total. The van der Waals surface area contributed by atoms with Crippen LogP contribution in [-0.4, -0.2) is 47.7 Å². The number of hydrogen-bond donors (Lipinski definition) is 0. The zero-order valence-corrected chi connectivity index (χ0v) is 15.0. The second-order valence-electron chi connectivity index (χ2n) is 7.12. The van der Waals surface area contributed by atoms with Crippen molar-refractivity contribution in [1.82, 2.24) is 9.88 Å². The minimum absolute atomic E-state index is 0.0512. The van der Waals surface area contributed by atoms with Crippen LogP contribution < -0.4 is 0 Å². The maximum atomic E-state index is 12.7. The Morgan fingerprint density at radius 1 is 1.33 bits per heavy atom. The number of aromatic nitrogens is 1. The molecular weight excluding hydrogens is 342 g/mol. The minimum Gasteiger partial charge on any atom is -0.376 e. The van der Waals surface area contributed by atoms with Gasteiger partial charge >= 0.3 is 0 Å². The summed E-state index contributed by atoms with van der Waals surface area (Å²) in [6, 6.07) is 12.8. The highest BCUT2D eigenvalue weighted by Crippen LogP contribution is 2.40. The first kappa shape index (κ1) is 17.7. The van der Waals surface area contributed by atoms with Gasteiger partial charge in [-0.25, -0.2) is 0 Å². The maximum Gasteiger partial charge on any atom is 0.254 e. The van der Waals surface area contributed by atoms with Crippen molar-refractivity contribution in [3.63, 3.8) is 0 Å². The number of carbonyl (C=O) groups excluding carboxylic acids is 1. The normalized spacial score (nSPS) is 20.3. The Balaban J connectivity index is 1.33. The van der Waals surface area contributed by atoms with Crippen LogP contribution in [0.2, 0.25) is 0 Å². The number of rotatable bonds is 5. The average molecular weight is 363 g/mol. The third-order valence-electron chi connectivity index (χ3n) is 5.38.